The molecule has 41 heavy (non-hydrogen) atoms. The van der Waals surface area contributed by atoms with E-state index < -0.39 is 11.5 Å². The predicted molar refractivity (Wildman–Crippen MR) is 164 cm³/mol. The SMILES string of the molecule is C[C@H]1[C@H](C)CC[C@]2(C)CC[C@]3(C)C(=CC(=O)[C@@H]4[C@@]5(C)CC[C@@H](O)[C@](C)(C(=O)NCc6ccccc6)[C@@H]5CC[C@]43C)[C@H]12. The summed E-state index contributed by atoms with van der Waals surface area (Å²) in [5, 5.41) is 14.7. The van der Waals surface area contributed by atoms with Gasteiger partial charge < -0.3 is 10.4 Å². The molecule has 4 saturated carbocycles. The van der Waals surface area contributed by atoms with Gasteiger partial charge in [-0.05, 0) is 115 Å². The highest BCUT2D eigenvalue weighted by Crippen LogP contribution is 2.75. The van der Waals surface area contributed by atoms with Gasteiger partial charge in [0.15, 0.2) is 5.78 Å². The van der Waals surface area contributed by atoms with Crippen LogP contribution >= 0.6 is 0 Å². The summed E-state index contributed by atoms with van der Waals surface area (Å²) < 4.78 is 0. The van der Waals surface area contributed by atoms with Gasteiger partial charge in [-0.15, -0.1) is 0 Å². The third-order valence-corrected chi connectivity index (χ3v) is 14.6. The molecule has 0 spiro atoms. The molecule has 0 aromatic heterocycles. The number of aliphatic hydroxyl groups is 1. The van der Waals surface area contributed by atoms with E-state index in [2.05, 4.69) is 52.9 Å². The van der Waals surface area contributed by atoms with Crippen LogP contribution in [0.3, 0.4) is 0 Å². The van der Waals surface area contributed by atoms with Gasteiger partial charge in [0.1, 0.15) is 0 Å². The minimum atomic E-state index is -0.924. The van der Waals surface area contributed by atoms with E-state index in [0.717, 1.165) is 31.2 Å². The number of carbonyl (C=O) groups is 2. The smallest absolute Gasteiger partial charge is 0.229 e. The van der Waals surface area contributed by atoms with E-state index in [4.69, 9.17) is 0 Å². The molecule has 2 N–H and O–H groups in total. The fourth-order valence-electron chi connectivity index (χ4n) is 11.6. The molecule has 6 rings (SSSR count). The van der Waals surface area contributed by atoms with Crippen LogP contribution in [0.15, 0.2) is 42.0 Å². The van der Waals surface area contributed by atoms with Crippen molar-refractivity contribution in [3.63, 3.8) is 0 Å². The maximum absolute atomic E-state index is 14.6. The van der Waals surface area contributed by atoms with Crippen molar-refractivity contribution in [2.45, 2.75) is 112 Å². The summed E-state index contributed by atoms with van der Waals surface area (Å²) in [4.78, 5) is 28.6. The third kappa shape index (κ3) is 3.87. The number of allylic oxidation sites excluding steroid dienone is 2. The monoisotopic (exact) mass is 559 g/mol. The van der Waals surface area contributed by atoms with Crippen LogP contribution < -0.4 is 5.32 Å². The summed E-state index contributed by atoms with van der Waals surface area (Å²) in [6.07, 6.45) is 9.51. The molecule has 1 aromatic rings. The fraction of sp³-hybridized carbons (Fsp3) is 0.730. The number of aliphatic hydroxyl groups excluding tert-OH is 1. The largest absolute Gasteiger partial charge is 0.392 e. The van der Waals surface area contributed by atoms with Crippen LogP contribution in [0.1, 0.15) is 105 Å². The number of amides is 1. The number of nitrogens with one attached hydrogen (secondary N) is 1. The summed E-state index contributed by atoms with van der Waals surface area (Å²) in [7, 11) is 0. The van der Waals surface area contributed by atoms with Crippen molar-refractivity contribution in [2.24, 2.45) is 56.7 Å². The Bertz CT molecular complexity index is 1260. The maximum Gasteiger partial charge on any atom is 0.229 e. The van der Waals surface area contributed by atoms with Crippen molar-refractivity contribution in [2.75, 3.05) is 0 Å². The van der Waals surface area contributed by atoms with Crippen LogP contribution in [-0.4, -0.2) is 22.9 Å². The molecular formula is C37H53NO3. The number of hydrogen-bond donors (Lipinski definition) is 2. The Morgan fingerprint density at radius 1 is 0.927 bits per heavy atom. The lowest BCUT2D eigenvalue weighted by Crippen LogP contribution is -2.68. The van der Waals surface area contributed by atoms with E-state index in [0.29, 0.717) is 36.5 Å². The summed E-state index contributed by atoms with van der Waals surface area (Å²) in [6.45, 7) is 17.0. The molecule has 4 heteroatoms. The van der Waals surface area contributed by atoms with E-state index in [-0.39, 0.29) is 39.4 Å². The molecule has 0 radical (unpaired) electrons. The summed E-state index contributed by atoms with van der Waals surface area (Å²) in [6, 6.07) is 9.98. The Morgan fingerprint density at radius 2 is 1.63 bits per heavy atom. The zero-order chi connectivity index (χ0) is 29.6. The highest BCUT2D eigenvalue weighted by molar-refractivity contribution is 5.96. The van der Waals surface area contributed by atoms with Crippen molar-refractivity contribution in [3.8, 4) is 0 Å². The fourth-order valence-corrected chi connectivity index (χ4v) is 11.6. The van der Waals surface area contributed by atoms with Gasteiger partial charge in [0.2, 0.25) is 5.91 Å². The quantitative estimate of drug-likeness (QED) is 0.403. The molecule has 0 aliphatic heterocycles. The van der Waals surface area contributed by atoms with Gasteiger partial charge in [-0.1, -0.05) is 77.4 Å². The van der Waals surface area contributed by atoms with E-state index >= 15 is 0 Å². The molecule has 4 fully saturated rings. The van der Waals surface area contributed by atoms with Crippen molar-refractivity contribution >= 4 is 11.7 Å². The second kappa shape index (κ2) is 9.53. The first kappa shape index (κ1) is 29.1. The number of ketones is 1. The lowest BCUT2D eigenvalue weighted by atomic mass is 9.33. The molecule has 5 aliphatic rings. The van der Waals surface area contributed by atoms with Crippen LogP contribution in [0.5, 0.6) is 0 Å². The van der Waals surface area contributed by atoms with Crippen molar-refractivity contribution in [3.05, 3.63) is 47.5 Å². The van der Waals surface area contributed by atoms with Gasteiger partial charge in [0.05, 0.1) is 11.5 Å². The molecule has 11 atom stereocenters. The number of fused-ring (bicyclic) bond motifs is 7. The van der Waals surface area contributed by atoms with Gasteiger partial charge >= 0.3 is 0 Å². The van der Waals surface area contributed by atoms with Crippen LogP contribution in [0.25, 0.3) is 0 Å². The van der Waals surface area contributed by atoms with Crippen LogP contribution in [0, 0.1) is 56.7 Å². The molecule has 0 heterocycles. The lowest BCUT2D eigenvalue weighted by Gasteiger charge is -2.70. The average Bonchev–Trinajstić information content (AvgIpc) is 2.93. The van der Waals surface area contributed by atoms with Crippen molar-refractivity contribution in [1.29, 1.82) is 0 Å². The highest BCUT2D eigenvalue weighted by Gasteiger charge is 2.71. The normalized spacial score (nSPS) is 49.1. The number of carbonyl (C=O) groups excluding carboxylic acids is 2. The van der Waals surface area contributed by atoms with Gasteiger partial charge in [-0.2, -0.15) is 0 Å². The zero-order valence-electron chi connectivity index (χ0n) is 26.6. The Kier molecular flexibility index (Phi) is 6.77. The maximum atomic E-state index is 14.6. The molecule has 224 valence electrons. The first-order chi connectivity index (χ1) is 19.2. The molecule has 0 saturated heterocycles. The zero-order valence-corrected chi connectivity index (χ0v) is 26.6. The van der Waals surface area contributed by atoms with Gasteiger partial charge in [-0.3, -0.25) is 9.59 Å². The standard InChI is InChI=1S/C37H53NO3/c1-23-13-16-33(3)19-20-35(5)26(30(33)24(23)2)21-27(39)31-34(4)17-15-29(40)37(7,28(34)14-18-36(31,35)6)32(41)38-22-25-11-9-8-10-12-25/h8-12,21,23-24,28-31,40H,13-20,22H2,1-7H3,(H,38,41)/t23-,24+,28-,29-,30+,31-,33-,34+,35-,36-,37-/m1/s1. The second-order valence-electron chi connectivity index (χ2n) is 16.3. The highest BCUT2D eigenvalue weighted by atomic mass is 16.3. The lowest BCUT2D eigenvalue weighted by molar-refractivity contribution is -0.208. The number of benzene rings is 1. The molecule has 1 amide bonds. The molecular weight excluding hydrogens is 506 g/mol. The van der Waals surface area contributed by atoms with Gasteiger partial charge in [0.25, 0.3) is 0 Å². The number of hydrogen-bond acceptors (Lipinski definition) is 3. The molecule has 1 aromatic carbocycles. The van der Waals surface area contributed by atoms with Gasteiger partial charge in [-0.25, -0.2) is 0 Å². The van der Waals surface area contributed by atoms with Crippen molar-refractivity contribution < 1.29 is 14.7 Å². The molecule has 4 nitrogen and oxygen atoms in total. The first-order valence-corrected chi connectivity index (χ1v) is 16.5. The Morgan fingerprint density at radius 3 is 2.34 bits per heavy atom. The second-order valence-corrected chi connectivity index (χ2v) is 16.3. The third-order valence-electron chi connectivity index (χ3n) is 14.6. The molecule has 5 aliphatic carbocycles. The summed E-state index contributed by atoms with van der Waals surface area (Å²) in [5.41, 5.74) is 1.37. The van der Waals surface area contributed by atoms with Crippen LogP contribution in [0.2, 0.25) is 0 Å². The Balaban J connectivity index is 1.38. The first-order valence-electron chi connectivity index (χ1n) is 16.5. The minimum absolute atomic E-state index is 0.0168. The van der Waals surface area contributed by atoms with E-state index in [1.54, 1.807) is 0 Å². The van der Waals surface area contributed by atoms with E-state index in [1.807, 2.05) is 37.3 Å². The van der Waals surface area contributed by atoms with Gasteiger partial charge in [0, 0.05) is 12.5 Å². The van der Waals surface area contributed by atoms with E-state index in [1.165, 1.54) is 24.8 Å². The Labute approximate surface area is 248 Å². The summed E-state index contributed by atoms with van der Waals surface area (Å²) >= 11 is 0. The van der Waals surface area contributed by atoms with Crippen LogP contribution in [0.4, 0.5) is 0 Å². The Hall–Kier alpha value is -1.94. The topological polar surface area (TPSA) is 66.4 Å². The van der Waals surface area contributed by atoms with E-state index in [9.17, 15) is 14.7 Å². The molecule has 0 unspecified atom stereocenters. The number of rotatable bonds is 3. The minimum Gasteiger partial charge on any atom is -0.392 e. The summed E-state index contributed by atoms with van der Waals surface area (Å²) in [5.74, 6) is 1.79. The molecule has 0 bridgehead atoms. The van der Waals surface area contributed by atoms with Crippen molar-refractivity contribution in [1.82, 2.24) is 5.32 Å². The average molecular weight is 560 g/mol. The van der Waals surface area contributed by atoms with Crippen LogP contribution in [-0.2, 0) is 16.1 Å². The predicted octanol–water partition coefficient (Wildman–Crippen LogP) is 7.50.